The molecule has 1 atom stereocenters. The maximum absolute atomic E-state index is 9.41. The van der Waals surface area contributed by atoms with Crippen molar-refractivity contribution in [2.75, 3.05) is 6.61 Å². The van der Waals surface area contributed by atoms with Crippen LogP contribution in [0.1, 0.15) is 0 Å². The fourth-order valence-corrected chi connectivity index (χ4v) is 0.0745. The molecule has 0 spiro atoms. The number of carboxylic acid groups (broad SMARTS) is 1. The summed E-state index contributed by atoms with van der Waals surface area (Å²) in [5.74, 6) is -1.65. The minimum Gasteiger partial charge on any atom is -0.547 e. The Labute approximate surface area is 68.4 Å². The van der Waals surface area contributed by atoms with E-state index < -0.39 is 18.7 Å². The molecule has 0 aliphatic rings. The smallest absolute Gasteiger partial charge is 0.547 e. The summed E-state index contributed by atoms with van der Waals surface area (Å²) in [6.45, 7) is -0.789. The van der Waals surface area contributed by atoms with Gasteiger partial charge in [0, 0.05) is 0 Å². The maximum atomic E-state index is 9.41. The van der Waals surface area contributed by atoms with Crippen molar-refractivity contribution in [2.24, 2.45) is 0 Å². The number of hydrogen-bond donors (Lipinski definition) is 2. The number of carbonyl (C=O) groups excluding carboxylic acids is 1. The molecule has 0 aromatic heterocycles. The first-order chi connectivity index (χ1) is 3.18. The SMILES string of the molecule is O=C([O-])C(O)CO.[Na+]. The number of aliphatic carboxylic acids is 1. The molecular formula is C3H5NaO4. The van der Waals surface area contributed by atoms with Crippen LogP contribution in [0.4, 0.5) is 0 Å². The van der Waals surface area contributed by atoms with E-state index in [4.69, 9.17) is 10.2 Å². The van der Waals surface area contributed by atoms with Crippen molar-refractivity contribution >= 4 is 5.97 Å². The number of aliphatic hydroxyl groups is 2. The second-order valence-corrected chi connectivity index (χ2v) is 1.02. The molecule has 2 N–H and O–H groups in total. The molecule has 0 aliphatic heterocycles. The first-order valence-electron chi connectivity index (χ1n) is 1.68. The van der Waals surface area contributed by atoms with E-state index in [1.165, 1.54) is 0 Å². The molecule has 0 radical (unpaired) electrons. The Bertz CT molecular complexity index is 73.7. The van der Waals surface area contributed by atoms with Crippen LogP contribution in [0.15, 0.2) is 0 Å². The molecule has 0 aromatic carbocycles. The Balaban J connectivity index is 0. The number of carboxylic acids is 1. The van der Waals surface area contributed by atoms with E-state index >= 15 is 0 Å². The van der Waals surface area contributed by atoms with Crippen molar-refractivity contribution in [3.8, 4) is 0 Å². The first kappa shape index (κ1) is 11.2. The summed E-state index contributed by atoms with van der Waals surface area (Å²) in [6.07, 6.45) is -1.74. The zero-order valence-electron chi connectivity index (χ0n) is 4.50. The van der Waals surface area contributed by atoms with Crippen molar-refractivity contribution in [3.63, 3.8) is 0 Å². The van der Waals surface area contributed by atoms with E-state index in [9.17, 15) is 9.90 Å². The van der Waals surface area contributed by atoms with Gasteiger partial charge >= 0.3 is 29.6 Å². The predicted molar refractivity (Wildman–Crippen MR) is 18.1 cm³/mol. The standard InChI is InChI=1S/C3H6O4.Na/c4-1-2(5)3(6)7;/h2,4-5H,1H2,(H,6,7);/q;+1/p-1. The van der Waals surface area contributed by atoms with E-state index in [1.807, 2.05) is 0 Å². The predicted octanol–water partition coefficient (Wildman–Crippen LogP) is -5.91. The minimum atomic E-state index is -1.74. The fourth-order valence-electron chi connectivity index (χ4n) is 0.0745. The minimum absolute atomic E-state index is 0. The van der Waals surface area contributed by atoms with Gasteiger partial charge in [-0.05, 0) is 0 Å². The average molecular weight is 128 g/mol. The molecular weight excluding hydrogens is 123 g/mol. The third-order valence-electron chi connectivity index (χ3n) is 0.445. The summed E-state index contributed by atoms with van der Waals surface area (Å²) in [5, 5.41) is 25.3. The largest absolute Gasteiger partial charge is 1.00 e. The van der Waals surface area contributed by atoms with Crippen LogP contribution in [0, 0.1) is 0 Å². The van der Waals surface area contributed by atoms with E-state index in [-0.39, 0.29) is 29.6 Å². The molecule has 0 aliphatic carbocycles. The van der Waals surface area contributed by atoms with Crippen molar-refractivity contribution in [1.29, 1.82) is 0 Å². The third kappa shape index (κ3) is 4.55. The van der Waals surface area contributed by atoms with E-state index in [2.05, 4.69) is 0 Å². The topological polar surface area (TPSA) is 80.6 Å². The summed E-state index contributed by atoms with van der Waals surface area (Å²) in [7, 11) is 0. The van der Waals surface area contributed by atoms with E-state index in [0.717, 1.165) is 0 Å². The summed E-state index contributed by atoms with van der Waals surface area (Å²) in [5.41, 5.74) is 0. The Morgan fingerprint density at radius 1 is 1.75 bits per heavy atom. The molecule has 0 rings (SSSR count). The van der Waals surface area contributed by atoms with Crippen LogP contribution < -0.4 is 34.7 Å². The molecule has 0 bridgehead atoms. The first-order valence-corrected chi connectivity index (χ1v) is 1.68. The van der Waals surface area contributed by atoms with Gasteiger partial charge in [0.1, 0.15) is 6.10 Å². The van der Waals surface area contributed by atoms with Crippen molar-refractivity contribution < 1.29 is 49.7 Å². The second kappa shape index (κ2) is 5.53. The van der Waals surface area contributed by atoms with Crippen LogP contribution in [-0.4, -0.2) is 28.9 Å². The third-order valence-corrected chi connectivity index (χ3v) is 0.445. The molecule has 0 saturated heterocycles. The van der Waals surface area contributed by atoms with Crippen molar-refractivity contribution in [1.82, 2.24) is 0 Å². The van der Waals surface area contributed by atoms with Gasteiger partial charge in [0.25, 0.3) is 0 Å². The molecule has 4 nitrogen and oxygen atoms in total. The second-order valence-electron chi connectivity index (χ2n) is 1.02. The number of aliphatic hydroxyl groups excluding tert-OH is 2. The maximum Gasteiger partial charge on any atom is 1.00 e. The van der Waals surface area contributed by atoms with Crippen LogP contribution in [0.5, 0.6) is 0 Å². The molecule has 5 heteroatoms. The quantitative estimate of drug-likeness (QED) is 0.363. The fraction of sp³-hybridized carbons (Fsp3) is 0.667. The summed E-state index contributed by atoms with van der Waals surface area (Å²) < 4.78 is 0. The molecule has 42 valence electrons. The van der Waals surface area contributed by atoms with E-state index in [0.29, 0.717) is 0 Å². The number of hydrogen-bond acceptors (Lipinski definition) is 4. The Morgan fingerprint density at radius 2 is 2.12 bits per heavy atom. The van der Waals surface area contributed by atoms with Crippen LogP contribution in [0.3, 0.4) is 0 Å². The van der Waals surface area contributed by atoms with Gasteiger partial charge in [0.2, 0.25) is 0 Å². The van der Waals surface area contributed by atoms with Crippen LogP contribution in [0.25, 0.3) is 0 Å². The van der Waals surface area contributed by atoms with Gasteiger partial charge in [-0.1, -0.05) is 0 Å². The van der Waals surface area contributed by atoms with Crippen molar-refractivity contribution in [2.45, 2.75) is 6.10 Å². The van der Waals surface area contributed by atoms with E-state index in [1.54, 1.807) is 0 Å². The van der Waals surface area contributed by atoms with Gasteiger partial charge in [0.15, 0.2) is 0 Å². The van der Waals surface area contributed by atoms with Crippen LogP contribution in [-0.2, 0) is 4.79 Å². The molecule has 0 fully saturated rings. The number of rotatable bonds is 2. The van der Waals surface area contributed by atoms with Gasteiger partial charge in [-0.15, -0.1) is 0 Å². The van der Waals surface area contributed by atoms with Gasteiger partial charge in [0.05, 0.1) is 12.6 Å². The molecule has 0 aromatic rings. The molecule has 0 saturated carbocycles. The van der Waals surface area contributed by atoms with Gasteiger partial charge in [-0.25, -0.2) is 0 Å². The van der Waals surface area contributed by atoms with Gasteiger partial charge < -0.3 is 20.1 Å². The average Bonchev–Trinajstić information content (AvgIpc) is 1.65. The Morgan fingerprint density at radius 3 is 2.12 bits per heavy atom. The Kier molecular flexibility index (Phi) is 7.75. The molecule has 8 heavy (non-hydrogen) atoms. The molecule has 0 heterocycles. The Hall–Kier alpha value is 0.390. The monoisotopic (exact) mass is 128 g/mol. The normalized spacial score (nSPS) is 11.8. The molecule has 0 amide bonds. The molecule has 1 unspecified atom stereocenters. The van der Waals surface area contributed by atoms with Gasteiger partial charge in [-0.2, -0.15) is 0 Å². The summed E-state index contributed by atoms with van der Waals surface area (Å²) in [6, 6.07) is 0. The zero-order valence-corrected chi connectivity index (χ0v) is 6.50. The van der Waals surface area contributed by atoms with Crippen LogP contribution >= 0.6 is 0 Å². The van der Waals surface area contributed by atoms with Crippen molar-refractivity contribution in [3.05, 3.63) is 0 Å². The summed E-state index contributed by atoms with van der Waals surface area (Å²) in [4.78, 5) is 9.41. The number of carbonyl (C=O) groups is 1. The van der Waals surface area contributed by atoms with Crippen LogP contribution in [0.2, 0.25) is 0 Å². The van der Waals surface area contributed by atoms with Gasteiger partial charge in [-0.3, -0.25) is 0 Å². The zero-order chi connectivity index (χ0) is 5.86. The summed E-state index contributed by atoms with van der Waals surface area (Å²) >= 11 is 0.